The van der Waals surface area contributed by atoms with Gasteiger partial charge in [-0.05, 0) is 24.3 Å². The lowest BCUT2D eigenvalue weighted by Crippen LogP contribution is -2.38. The second kappa shape index (κ2) is 6.27. The molecule has 4 aromatic rings. The Bertz CT molecular complexity index is 1010. The molecule has 5 rings (SSSR count). The molecule has 3 aromatic heterocycles. The summed E-state index contributed by atoms with van der Waals surface area (Å²) in [4.78, 5) is 11.2. The van der Waals surface area contributed by atoms with Crippen LogP contribution in [0.5, 0.6) is 0 Å². The SMILES string of the molecule is c1ccc(-n2ncc3c(N4CCOC(c5ccco5)C4)ncnc32)cc1. The first-order valence-corrected chi connectivity index (χ1v) is 8.54. The van der Waals surface area contributed by atoms with Crippen LogP contribution in [-0.2, 0) is 4.74 Å². The van der Waals surface area contributed by atoms with Gasteiger partial charge in [0.05, 0.1) is 36.7 Å². The van der Waals surface area contributed by atoms with Gasteiger partial charge in [0.2, 0.25) is 0 Å². The summed E-state index contributed by atoms with van der Waals surface area (Å²) < 4.78 is 13.2. The minimum atomic E-state index is -0.104. The number of rotatable bonds is 3. The van der Waals surface area contributed by atoms with Gasteiger partial charge in [-0.25, -0.2) is 14.6 Å². The fourth-order valence-corrected chi connectivity index (χ4v) is 3.33. The summed E-state index contributed by atoms with van der Waals surface area (Å²) in [6, 6.07) is 13.8. The van der Waals surface area contributed by atoms with Crippen LogP contribution in [0.25, 0.3) is 16.7 Å². The highest BCUT2D eigenvalue weighted by Crippen LogP contribution is 2.29. The van der Waals surface area contributed by atoms with Crippen molar-refractivity contribution in [1.29, 1.82) is 0 Å². The molecule has 0 aliphatic carbocycles. The highest BCUT2D eigenvalue weighted by Gasteiger charge is 2.26. The molecule has 7 nitrogen and oxygen atoms in total. The van der Waals surface area contributed by atoms with Crippen molar-refractivity contribution in [3.8, 4) is 5.69 Å². The van der Waals surface area contributed by atoms with Gasteiger partial charge in [-0.1, -0.05) is 18.2 Å². The van der Waals surface area contributed by atoms with Crippen LogP contribution in [0.15, 0.2) is 65.7 Å². The summed E-state index contributed by atoms with van der Waals surface area (Å²) >= 11 is 0. The molecule has 26 heavy (non-hydrogen) atoms. The quantitative estimate of drug-likeness (QED) is 0.567. The monoisotopic (exact) mass is 347 g/mol. The third-order valence-corrected chi connectivity index (χ3v) is 4.57. The molecule has 0 radical (unpaired) electrons. The summed E-state index contributed by atoms with van der Waals surface area (Å²) in [6.07, 6.45) is 4.99. The molecular weight excluding hydrogens is 330 g/mol. The van der Waals surface area contributed by atoms with Crippen molar-refractivity contribution >= 4 is 16.9 Å². The maximum atomic E-state index is 5.86. The van der Waals surface area contributed by atoms with Crippen LogP contribution in [0.4, 0.5) is 5.82 Å². The number of para-hydroxylation sites is 1. The van der Waals surface area contributed by atoms with Crippen molar-refractivity contribution in [2.45, 2.75) is 6.10 Å². The fourth-order valence-electron chi connectivity index (χ4n) is 3.33. The summed E-state index contributed by atoms with van der Waals surface area (Å²) in [5.74, 6) is 1.71. The Kier molecular flexibility index (Phi) is 3.64. The second-order valence-corrected chi connectivity index (χ2v) is 6.15. The van der Waals surface area contributed by atoms with E-state index in [0.29, 0.717) is 13.2 Å². The van der Waals surface area contributed by atoms with Crippen LogP contribution in [0, 0.1) is 0 Å². The molecule has 130 valence electrons. The number of furan rings is 1. The van der Waals surface area contributed by atoms with E-state index in [-0.39, 0.29) is 6.10 Å². The van der Waals surface area contributed by atoms with Crippen LogP contribution >= 0.6 is 0 Å². The summed E-state index contributed by atoms with van der Waals surface area (Å²) in [6.45, 7) is 2.06. The Balaban J connectivity index is 1.52. The van der Waals surface area contributed by atoms with Gasteiger partial charge in [-0.15, -0.1) is 0 Å². The molecule has 7 heteroatoms. The molecule has 1 aromatic carbocycles. The minimum absolute atomic E-state index is 0.104. The van der Waals surface area contributed by atoms with E-state index in [4.69, 9.17) is 9.15 Å². The van der Waals surface area contributed by atoms with Crippen molar-refractivity contribution in [1.82, 2.24) is 19.7 Å². The molecule has 4 heterocycles. The minimum Gasteiger partial charge on any atom is -0.467 e. The van der Waals surface area contributed by atoms with Gasteiger partial charge < -0.3 is 14.1 Å². The Morgan fingerprint density at radius 2 is 1.96 bits per heavy atom. The molecule has 1 aliphatic heterocycles. The number of nitrogens with zero attached hydrogens (tertiary/aromatic N) is 5. The maximum absolute atomic E-state index is 5.86. The van der Waals surface area contributed by atoms with Gasteiger partial charge in [0.1, 0.15) is 24.0 Å². The van der Waals surface area contributed by atoms with Gasteiger partial charge in [0.25, 0.3) is 0 Å². The average Bonchev–Trinajstić information content (AvgIpc) is 3.38. The van der Waals surface area contributed by atoms with Crippen molar-refractivity contribution in [2.75, 3.05) is 24.6 Å². The topological polar surface area (TPSA) is 69.2 Å². The molecular formula is C19H17N5O2. The van der Waals surface area contributed by atoms with Crippen molar-refractivity contribution in [2.24, 2.45) is 0 Å². The van der Waals surface area contributed by atoms with E-state index in [2.05, 4.69) is 20.0 Å². The third-order valence-electron chi connectivity index (χ3n) is 4.57. The van der Waals surface area contributed by atoms with Gasteiger partial charge in [-0.3, -0.25) is 0 Å². The largest absolute Gasteiger partial charge is 0.467 e. The van der Waals surface area contributed by atoms with E-state index in [9.17, 15) is 0 Å². The zero-order valence-corrected chi connectivity index (χ0v) is 14.0. The molecule has 0 spiro atoms. The third kappa shape index (κ3) is 2.53. The van der Waals surface area contributed by atoms with Crippen molar-refractivity contribution in [3.63, 3.8) is 0 Å². The van der Waals surface area contributed by atoms with Crippen LogP contribution in [0.1, 0.15) is 11.9 Å². The second-order valence-electron chi connectivity index (χ2n) is 6.15. The van der Waals surface area contributed by atoms with Crippen LogP contribution in [0.3, 0.4) is 0 Å². The predicted molar refractivity (Wildman–Crippen MR) is 96.3 cm³/mol. The number of benzene rings is 1. The number of fused-ring (bicyclic) bond motifs is 1. The van der Waals surface area contributed by atoms with Crippen LogP contribution < -0.4 is 4.90 Å². The molecule has 1 fully saturated rings. The molecule has 0 bridgehead atoms. The molecule has 1 saturated heterocycles. The number of anilines is 1. The summed E-state index contributed by atoms with van der Waals surface area (Å²) in [5.41, 5.74) is 1.77. The van der Waals surface area contributed by atoms with Crippen LogP contribution in [0.2, 0.25) is 0 Å². The van der Waals surface area contributed by atoms with E-state index in [1.165, 1.54) is 0 Å². The molecule has 0 amide bonds. The Labute approximate surface area is 149 Å². The maximum Gasteiger partial charge on any atom is 0.168 e. The van der Waals surface area contributed by atoms with Gasteiger partial charge >= 0.3 is 0 Å². The lowest BCUT2D eigenvalue weighted by atomic mass is 10.2. The van der Waals surface area contributed by atoms with Gasteiger partial charge in [0.15, 0.2) is 5.65 Å². The predicted octanol–water partition coefficient (Wildman–Crippen LogP) is 2.99. The van der Waals surface area contributed by atoms with E-state index in [1.54, 1.807) is 12.6 Å². The van der Waals surface area contributed by atoms with E-state index in [0.717, 1.165) is 34.8 Å². The Hall–Kier alpha value is -3.19. The number of ether oxygens (including phenoxy) is 1. The van der Waals surface area contributed by atoms with Crippen molar-refractivity contribution in [3.05, 3.63) is 67.0 Å². The normalized spacial score (nSPS) is 17.7. The average molecular weight is 347 g/mol. The molecule has 1 aliphatic rings. The first kappa shape index (κ1) is 15.1. The van der Waals surface area contributed by atoms with Crippen molar-refractivity contribution < 1.29 is 9.15 Å². The smallest absolute Gasteiger partial charge is 0.168 e. The lowest BCUT2D eigenvalue weighted by molar-refractivity contribution is 0.0256. The number of aromatic nitrogens is 4. The molecule has 0 N–H and O–H groups in total. The first-order chi connectivity index (χ1) is 12.9. The van der Waals surface area contributed by atoms with E-state index >= 15 is 0 Å². The molecule has 1 atom stereocenters. The number of hydrogen-bond acceptors (Lipinski definition) is 6. The Morgan fingerprint density at radius 1 is 1.04 bits per heavy atom. The number of hydrogen-bond donors (Lipinski definition) is 0. The number of morpholine rings is 1. The highest BCUT2D eigenvalue weighted by molar-refractivity contribution is 5.87. The summed E-state index contributed by atoms with van der Waals surface area (Å²) in [7, 11) is 0. The first-order valence-electron chi connectivity index (χ1n) is 8.54. The van der Waals surface area contributed by atoms with E-state index < -0.39 is 0 Å². The Morgan fingerprint density at radius 3 is 2.81 bits per heavy atom. The van der Waals surface area contributed by atoms with Gasteiger partial charge in [-0.2, -0.15) is 5.10 Å². The summed E-state index contributed by atoms with van der Waals surface area (Å²) in [5, 5.41) is 5.45. The standard InChI is InChI=1S/C19H17N5O2/c1-2-5-14(6-3-1)24-19-15(11-22-24)18(20-13-21-19)23-8-10-26-17(12-23)16-7-4-9-25-16/h1-7,9,11,13,17H,8,10,12H2. The highest BCUT2D eigenvalue weighted by atomic mass is 16.5. The fraction of sp³-hybridized carbons (Fsp3) is 0.211. The molecule has 1 unspecified atom stereocenters. The van der Waals surface area contributed by atoms with E-state index in [1.807, 2.05) is 53.3 Å². The van der Waals surface area contributed by atoms with Crippen LogP contribution in [-0.4, -0.2) is 39.4 Å². The zero-order valence-electron chi connectivity index (χ0n) is 14.0. The zero-order chi connectivity index (χ0) is 17.3. The van der Waals surface area contributed by atoms with Gasteiger partial charge in [0, 0.05) is 6.54 Å². The molecule has 0 saturated carbocycles. The lowest BCUT2D eigenvalue weighted by Gasteiger charge is -2.32.